The molecule has 2 aliphatic heterocycles. The third-order valence-electron chi connectivity index (χ3n) is 4.03. The first-order chi connectivity index (χ1) is 7.91. The van der Waals surface area contributed by atoms with Crippen molar-refractivity contribution in [2.45, 2.75) is 51.6 Å². The fraction of sp³-hybridized carbons (Fsp3) is 0.917. The Labute approximate surface area is 103 Å². The van der Waals surface area contributed by atoms with Crippen LogP contribution in [0.25, 0.3) is 0 Å². The predicted octanol–water partition coefficient (Wildman–Crippen LogP) is 1.21. The van der Waals surface area contributed by atoms with Crippen LogP contribution < -0.4 is 0 Å². The van der Waals surface area contributed by atoms with Crippen molar-refractivity contribution in [1.82, 2.24) is 4.90 Å². The zero-order chi connectivity index (χ0) is 12.6. The van der Waals surface area contributed by atoms with Gasteiger partial charge in [0.15, 0.2) is 9.84 Å². The Morgan fingerprint density at radius 3 is 2.18 bits per heavy atom. The summed E-state index contributed by atoms with van der Waals surface area (Å²) < 4.78 is 22.8. The van der Waals surface area contributed by atoms with Crippen molar-refractivity contribution in [2.24, 2.45) is 5.92 Å². The molecule has 5 heteroatoms. The molecule has 17 heavy (non-hydrogen) atoms. The minimum absolute atomic E-state index is 0.0573. The van der Waals surface area contributed by atoms with Crippen molar-refractivity contribution < 1.29 is 13.2 Å². The van der Waals surface area contributed by atoms with Crippen LogP contribution >= 0.6 is 0 Å². The van der Waals surface area contributed by atoms with Gasteiger partial charge in [-0.3, -0.25) is 4.79 Å². The van der Waals surface area contributed by atoms with E-state index >= 15 is 0 Å². The molecule has 98 valence electrons. The molecule has 2 saturated heterocycles. The molecule has 2 heterocycles. The summed E-state index contributed by atoms with van der Waals surface area (Å²) in [7, 11) is -2.96. The van der Waals surface area contributed by atoms with Crippen molar-refractivity contribution >= 4 is 15.7 Å². The maximum Gasteiger partial charge on any atom is 0.227 e. The SMILES string of the molecule is CC1CCCC(C)N1C(=O)C1CCS(=O)(=O)C1. The minimum Gasteiger partial charge on any atom is -0.337 e. The van der Waals surface area contributed by atoms with Gasteiger partial charge in [0.1, 0.15) is 0 Å². The molecule has 0 aliphatic carbocycles. The van der Waals surface area contributed by atoms with Crippen molar-refractivity contribution in [3.8, 4) is 0 Å². The Hall–Kier alpha value is -0.580. The summed E-state index contributed by atoms with van der Waals surface area (Å²) in [5, 5.41) is 0. The summed E-state index contributed by atoms with van der Waals surface area (Å²) in [6.45, 7) is 4.13. The van der Waals surface area contributed by atoms with Crippen molar-refractivity contribution in [1.29, 1.82) is 0 Å². The van der Waals surface area contributed by atoms with Gasteiger partial charge in [0.2, 0.25) is 5.91 Å². The van der Waals surface area contributed by atoms with Gasteiger partial charge in [-0.15, -0.1) is 0 Å². The summed E-state index contributed by atoms with van der Waals surface area (Å²) in [4.78, 5) is 14.3. The third-order valence-corrected chi connectivity index (χ3v) is 5.80. The number of hydrogen-bond donors (Lipinski definition) is 0. The third kappa shape index (κ3) is 2.64. The van der Waals surface area contributed by atoms with E-state index in [0.717, 1.165) is 19.3 Å². The maximum absolute atomic E-state index is 12.4. The molecule has 0 aromatic rings. The number of carbonyl (C=O) groups is 1. The average molecular weight is 259 g/mol. The molecule has 0 aromatic carbocycles. The normalized spacial score (nSPS) is 37.1. The fourth-order valence-corrected chi connectivity index (χ4v) is 4.79. The maximum atomic E-state index is 12.4. The summed E-state index contributed by atoms with van der Waals surface area (Å²) in [6.07, 6.45) is 3.75. The highest BCUT2D eigenvalue weighted by Gasteiger charge is 2.39. The van der Waals surface area contributed by atoms with Gasteiger partial charge in [-0.2, -0.15) is 0 Å². The number of likely N-dealkylation sites (tertiary alicyclic amines) is 1. The fourth-order valence-electron chi connectivity index (χ4n) is 3.06. The van der Waals surface area contributed by atoms with Crippen LogP contribution in [0.15, 0.2) is 0 Å². The Morgan fingerprint density at radius 1 is 1.12 bits per heavy atom. The monoisotopic (exact) mass is 259 g/mol. The highest BCUT2D eigenvalue weighted by Crippen LogP contribution is 2.28. The first-order valence-corrected chi connectivity index (χ1v) is 8.25. The second-order valence-corrected chi connectivity index (χ2v) is 7.70. The summed E-state index contributed by atoms with van der Waals surface area (Å²) >= 11 is 0. The molecule has 3 atom stereocenters. The molecule has 0 bridgehead atoms. The number of piperidine rings is 1. The van der Waals surface area contributed by atoms with E-state index in [1.165, 1.54) is 0 Å². The lowest BCUT2D eigenvalue weighted by Crippen LogP contribution is -2.50. The second kappa shape index (κ2) is 4.59. The molecule has 0 N–H and O–H groups in total. The van der Waals surface area contributed by atoms with Gasteiger partial charge in [0.25, 0.3) is 0 Å². The van der Waals surface area contributed by atoms with Crippen LogP contribution in [0, 0.1) is 5.92 Å². The van der Waals surface area contributed by atoms with E-state index in [0.29, 0.717) is 6.42 Å². The molecule has 0 spiro atoms. The Kier molecular flexibility index (Phi) is 3.48. The van der Waals surface area contributed by atoms with Gasteiger partial charge in [0, 0.05) is 12.1 Å². The number of sulfone groups is 1. The number of nitrogens with zero attached hydrogens (tertiary/aromatic N) is 1. The second-order valence-electron chi connectivity index (χ2n) is 5.47. The van der Waals surface area contributed by atoms with Gasteiger partial charge >= 0.3 is 0 Å². The number of carbonyl (C=O) groups excluding carboxylic acids is 1. The lowest BCUT2D eigenvalue weighted by molar-refractivity contribution is -0.140. The molecule has 4 nitrogen and oxygen atoms in total. The molecule has 0 saturated carbocycles. The van der Waals surface area contributed by atoms with Crippen LogP contribution in [-0.2, 0) is 14.6 Å². The Bertz CT molecular complexity index is 394. The first-order valence-electron chi connectivity index (χ1n) is 6.43. The zero-order valence-electron chi connectivity index (χ0n) is 10.6. The largest absolute Gasteiger partial charge is 0.337 e. The number of rotatable bonds is 1. The first kappa shape index (κ1) is 12.9. The van der Waals surface area contributed by atoms with Gasteiger partial charge in [0.05, 0.1) is 17.4 Å². The van der Waals surface area contributed by atoms with E-state index in [2.05, 4.69) is 13.8 Å². The van der Waals surface area contributed by atoms with Gasteiger partial charge in [-0.25, -0.2) is 8.42 Å². The van der Waals surface area contributed by atoms with Crippen LogP contribution in [-0.4, -0.2) is 42.8 Å². The molecule has 2 aliphatic rings. The van der Waals surface area contributed by atoms with Crippen LogP contribution in [0.1, 0.15) is 39.5 Å². The molecule has 0 aromatic heterocycles. The molecule has 3 unspecified atom stereocenters. The Balaban J connectivity index is 2.09. The summed E-state index contributed by atoms with van der Waals surface area (Å²) in [6, 6.07) is 0.518. The molecule has 1 amide bonds. The lowest BCUT2D eigenvalue weighted by Gasteiger charge is -2.40. The van der Waals surface area contributed by atoms with E-state index in [-0.39, 0.29) is 35.4 Å². The zero-order valence-corrected chi connectivity index (χ0v) is 11.4. The van der Waals surface area contributed by atoms with Gasteiger partial charge < -0.3 is 4.90 Å². The van der Waals surface area contributed by atoms with Crippen LogP contribution in [0.4, 0.5) is 0 Å². The number of hydrogen-bond acceptors (Lipinski definition) is 3. The number of amides is 1. The average Bonchev–Trinajstić information content (AvgIpc) is 2.58. The highest BCUT2D eigenvalue weighted by atomic mass is 32.2. The predicted molar refractivity (Wildman–Crippen MR) is 66.4 cm³/mol. The molecular formula is C12H21NO3S. The minimum atomic E-state index is -2.96. The summed E-state index contributed by atoms with van der Waals surface area (Å²) in [5.74, 6) is 0.00989. The van der Waals surface area contributed by atoms with Gasteiger partial charge in [-0.05, 0) is 39.5 Å². The topological polar surface area (TPSA) is 54.5 Å². The van der Waals surface area contributed by atoms with E-state index < -0.39 is 9.84 Å². The van der Waals surface area contributed by atoms with E-state index in [4.69, 9.17) is 0 Å². The van der Waals surface area contributed by atoms with Crippen molar-refractivity contribution in [2.75, 3.05) is 11.5 Å². The van der Waals surface area contributed by atoms with E-state index in [9.17, 15) is 13.2 Å². The highest BCUT2D eigenvalue weighted by molar-refractivity contribution is 7.91. The molecular weight excluding hydrogens is 238 g/mol. The molecule has 2 rings (SSSR count). The van der Waals surface area contributed by atoms with E-state index in [1.807, 2.05) is 4.90 Å². The molecule has 0 radical (unpaired) electrons. The van der Waals surface area contributed by atoms with Crippen LogP contribution in [0.2, 0.25) is 0 Å². The summed E-state index contributed by atoms with van der Waals surface area (Å²) in [5.41, 5.74) is 0. The van der Waals surface area contributed by atoms with Crippen molar-refractivity contribution in [3.05, 3.63) is 0 Å². The lowest BCUT2D eigenvalue weighted by atomic mass is 9.95. The standard InChI is InChI=1S/C12H21NO3S/c1-9-4-3-5-10(2)13(9)12(14)11-6-7-17(15,16)8-11/h9-11H,3-8H2,1-2H3. The van der Waals surface area contributed by atoms with E-state index in [1.54, 1.807) is 0 Å². The van der Waals surface area contributed by atoms with Crippen molar-refractivity contribution in [3.63, 3.8) is 0 Å². The Morgan fingerprint density at radius 2 is 1.71 bits per heavy atom. The van der Waals surface area contributed by atoms with Crippen LogP contribution in [0.3, 0.4) is 0 Å². The van der Waals surface area contributed by atoms with Crippen LogP contribution in [0.5, 0.6) is 0 Å². The quantitative estimate of drug-likeness (QED) is 0.711. The smallest absolute Gasteiger partial charge is 0.227 e. The molecule has 2 fully saturated rings. The van der Waals surface area contributed by atoms with Gasteiger partial charge in [-0.1, -0.05) is 0 Å².